The summed E-state index contributed by atoms with van der Waals surface area (Å²) in [5, 5.41) is 1.30. The summed E-state index contributed by atoms with van der Waals surface area (Å²) in [6.45, 7) is 0. The molecule has 0 unspecified atom stereocenters. The van der Waals surface area contributed by atoms with E-state index in [1.807, 2.05) is 121 Å². The van der Waals surface area contributed by atoms with Gasteiger partial charge in [0, 0.05) is 0 Å². The Morgan fingerprint density at radius 1 is 0.617 bits per heavy atom. The Balaban J connectivity index is 1.67. The molecule has 1 atom stereocenters. The molecule has 5 aromatic rings. The average Bonchev–Trinajstić information content (AvgIpc) is 3.05. The van der Waals surface area contributed by atoms with Gasteiger partial charge in [0.05, 0.1) is 0 Å². The number of alkyl halides is 6. The summed E-state index contributed by atoms with van der Waals surface area (Å²) in [5.74, 6) is -1.03. The summed E-state index contributed by atoms with van der Waals surface area (Å²) in [6, 6.07) is 38.9. The summed E-state index contributed by atoms with van der Waals surface area (Å²) < 4.78 is 82.2. The Bertz CT molecular complexity index is 1730. The second-order valence-corrected chi connectivity index (χ2v) is 21.1. The number of hydrogen-bond acceptors (Lipinski definition) is 1. The fraction of sp³-hybridized carbons (Fsp3) is 0.162. The molecule has 0 fully saturated rings. The average molecular weight is 731 g/mol. The molecule has 10 heteroatoms. The van der Waals surface area contributed by atoms with Gasteiger partial charge in [-0.15, -0.1) is 0 Å². The van der Waals surface area contributed by atoms with E-state index in [1.54, 1.807) is 0 Å². The quantitative estimate of drug-likeness (QED) is 0.113. The molecule has 0 aliphatic carbocycles. The van der Waals surface area contributed by atoms with Gasteiger partial charge in [0.2, 0.25) is 0 Å². The fourth-order valence-corrected chi connectivity index (χ4v) is 14.4. The zero-order valence-electron chi connectivity index (χ0n) is 25.0. The number of carbonyl (C=O) groups is 1. The second-order valence-electron chi connectivity index (χ2n) is 11.5. The first-order chi connectivity index (χ1) is 22.2. The van der Waals surface area contributed by atoms with E-state index >= 15 is 0 Å². The Morgan fingerprint density at radius 2 is 1.02 bits per heavy atom. The standard InChI is InChI=1S/C37H31BrF6NOP/c38-47(33-17-9-3-10-18-33,34-19-11-4-12-20-34,25-28-15-7-2-8-16-28)26-32(21-27-13-5-1-6-14-27)45-35(46)29-22-30(36(39,40)41)24-31(23-29)37(42,43)44/h1-20,22-24,32H,21,25-26H2,(H,45,46)/t32-/m0/s1. The molecule has 0 aliphatic heterocycles. The maximum atomic E-state index is 13.8. The van der Waals surface area contributed by atoms with Crippen LogP contribution in [0, 0.1) is 0 Å². The molecule has 0 spiro atoms. The number of amides is 1. The van der Waals surface area contributed by atoms with Crippen LogP contribution in [0.3, 0.4) is 0 Å². The monoisotopic (exact) mass is 729 g/mol. The van der Waals surface area contributed by atoms with Crippen molar-refractivity contribution in [2.24, 2.45) is 0 Å². The number of rotatable bonds is 10. The van der Waals surface area contributed by atoms with E-state index in [0.29, 0.717) is 24.5 Å². The predicted molar refractivity (Wildman–Crippen MR) is 181 cm³/mol. The third-order valence-electron chi connectivity index (χ3n) is 8.16. The van der Waals surface area contributed by atoms with Crippen molar-refractivity contribution >= 4 is 37.3 Å². The minimum absolute atomic E-state index is 0.0217. The van der Waals surface area contributed by atoms with E-state index in [-0.39, 0.29) is 12.5 Å². The summed E-state index contributed by atoms with van der Waals surface area (Å²) in [7, 11) is 0. The van der Waals surface area contributed by atoms with Crippen LogP contribution >= 0.6 is 20.8 Å². The Kier molecular flexibility index (Phi) is 9.99. The van der Waals surface area contributed by atoms with Gasteiger partial charge in [0.15, 0.2) is 0 Å². The van der Waals surface area contributed by atoms with Crippen molar-refractivity contribution in [3.8, 4) is 0 Å². The number of hydrogen-bond donors (Lipinski definition) is 1. The molecule has 1 amide bonds. The first-order valence-corrected chi connectivity index (χ1v) is 19.4. The summed E-state index contributed by atoms with van der Waals surface area (Å²) >= 11 is 4.36. The molecule has 0 aliphatic rings. The van der Waals surface area contributed by atoms with Gasteiger partial charge < -0.3 is 0 Å². The zero-order chi connectivity index (χ0) is 33.7. The fourth-order valence-electron chi connectivity index (χ4n) is 5.98. The normalized spacial score (nSPS) is 13.7. The van der Waals surface area contributed by atoms with Crippen LogP contribution < -0.4 is 15.9 Å². The molecule has 47 heavy (non-hydrogen) atoms. The van der Waals surface area contributed by atoms with Crippen LogP contribution in [0.25, 0.3) is 0 Å². The van der Waals surface area contributed by atoms with Crippen molar-refractivity contribution in [1.29, 1.82) is 0 Å². The summed E-state index contributed by atoms with van der Waals surface area (Å²) in [4.78, 5) is 13.8. The third kappa shape index (κ3) is 7.96. The number of nitrogens with one attached hydrogen (secondary N) is 1. The molecule has 0 saturated carbocycles. The van der Waals surface area contributed by atoms with Gasteiger partial charge in [-0.05, 0) is 0 Å². The van der Waals surface area contributed by atoms with Gasteiger partial charge in [0.1, 0.15) is 0 Å². The van der Waals surface area contributed by atoms with Crippen molar-refractivity contribution in [1.82, 2.24) is 5.32 Å². The summed E-state index contributed by atoms with van der Waals surface area (Å²) in [6.07, 6.45) is -9.06. The first-order valence-electron chi connectivity index (χ1n) is 14.8. The van der Waals surface area contributed by atoms with Gasteiger partial charge in [-0.2, -0.15) is 0 Å². The van der Waals surface area contributed by atoms with E-state index < -0.39 is 46.3 Å². The van der Waals surface area contributed by atoms with Crippen LogP contribution in [0.1, 0.15) is 32.6 Å². The molecule has 0 radical (unpaired) electrons. The van der Waals surface area contributed by atoms with E-state index in [1.165, 1.54) is 0 Å². The van der Waals surface area contributed by atoms with Crippen molar-refractivity contribution in [3.63, 3.8) is 0 Å². The van der Waals surface area contributed by atoms with Crippen molar-refractivity contribution < 1.29 is 31.1 Å². The third-order valence-corrected chi connectivity index (χ3v) is 17.4. The molecule has 2 nitrogen and oxygen atoms in total. The predicted octanol–water partition coefficient (Wildman–Crippen LogP) is 9.78. The number of halogens is 7. The summed E-state index contributed by atoms with van der Waals surface area (Å²) in [5.41, 5.74) is -1.95. The molecular formula is C37H31BrF6NOP. The van der Waals surface area contributed by atoms with Gasteiger partial charge in [-0.1, -0.05) is 0 Å². The van der Waals surface area contributed by atoms with Gasteiger partial charge in [-0.3, -0.25) is 0 Å². The topological polar surface area (TPSA) is 29.1 Å². The number of carbonyl (C=O) groups excluding carboxylic acids is 1. The SMILES string of the molecule is O=C(N[C@@H](Cc1ccccc1)CP(Br)(Cc1ccccc1)(c1ccccc1)c1ccccc1)c1cc(C(F)(F)F)cc(C(F)(F)F)c1. The molecular weight excluding hydrogens is 699 g/mol. The van der Waals surface area contributed by atoms with E-state index in [4.69, 9.17) is 0 Å². The van der Waals surface area contributed by atoms with Crippen molar-refractivity contribution in [2.75, 3.05) is 6.16 Å². The van der Waals surface area contributed by atoms with Gasteiger partial charge in [-0.25, -0.2) is 0 Å². The molecule has 244 valence electrons. The molecule has 0 saturated heterocycles. The molecule has 5 rings (SSSR count). The minimum atomic E-state index is -5.09. The van der Waals surface area contributed by atoms with Crippen LogP contribution in [0.4, 0.5) is 26.3 Å². The van der Waals surface area contributed by atoms with Crippen LogP contribution in [0.15, 0.2) is 140 Å². The van der Waals surface area contributed by atoms with Crippen LogP contribution in [-0.4, -0.2) is 18.1 Å². The Hall–Kier alpha value is -3.94. The van der Waals surface area contributed by atoms with Gasteiger partial charge >= 0.3 is 278 Å². The Labute approximate surface area is 277 Å². The Morgan fingerprint density at radius 3 is 1.45 bits per heavy atom. The van der Waals surface area contributed by atoms with E-state index in [9.17, 15) is 31.1 Å². The molecule has 0 aromatic heterocycles. The van der Waals surface area contributed by atoms with E-state index in [2.05, 4.69) is 20.8 Å². The molecule has 0 bridgehead atoms. The van der Waals surface area contributed by atoms with Gasteiger partial charge in [0.25, 0.3) is 0 Å². The van der Waals surface area contributed by atoms with Crippen molar-refractivity contribution in [3.05, 3.63) is 167 Å². The zero-order valence-corrected chi connectivity index (χ0v) is 27.5. The molecule has 5 aromatic carbocycles. The van der Waals surface area contributed by atoms with Crippen LogP contribution in [0.2, 0.25) is 0 Å². The number of benzene rings is 5. The van der Waals surface area contributed by atoms with Crippen LogP contribution in [0.5, 0.6) is 0 Å². The maximum absolute atomic E-state index is 13.8. The van der Waals surface area contributed by atoms with Crippen molar-refractivity contribution in [2.45, 2.75) is 31.0 Å². The molecule has 1 N–H and O–H groups in total. The van der Waals surface area contributed by atoms with Crippen LogP contribution in [-0.2, 0) is 24.9 Å². The first kappa shape index (κ1) is 34.4. The molecule has 0 heterocycles. The van der Waals surface area contributed by atoms with E-state index in [0.717, 1.165) is 21.7 Å². The second kappa shape index (κ2) is 13.7.